The van der Waals surface area contributed by atoms with Crippen molar-refractivity contribution in [3.05, 3.63) is 48.2 Å². The highest BCUT2D eigenvalue weighted by Crippen LogP contribution is 2.24. The summed E-state index contributed by atoms with van der Waals surface area (Å²) >= 11 is 0. The second-order valence-corrected chi connectivity index (χ2v) is 3.91. The first-order valence-electron chi connectivity index (χ1n) is 5.37. The molecule has 0 saturated carbocycles. The summed E-state index contributed by atoms with van der Waals surface area (Å²) in [5, 5.41) is 3.98. The van der Waals surface area contributed by atoms with Crippen molar-refractivity contribution in [3.63, 3.8) is 0 Å². The third-order valence-electron chi connectivity index (χ3n) is 3.01. The van der Waals surface area contributed by atoms with E-state index in [0.29, 0.717) is 0 Å². The normalized spacial score (nSPS) is 11.3. The van der Waals surface area contributed by atoms with Gasteiger partial charge in [-0.05, 0) is 34.9 Å². The highest BCUT2D eigenvalue weighted by atomic mass is 14.7. The van der Waals surface area contributed by atoms with Crippen molar-refractivity contribution >= 4 is 21.7 Å². The van der Waals surface area contributed by atoms with E-state index in [1.165, 1.54) is 27.2 Å². The van der Waals surface area contributed by atoms with Crippen molar-refractivity contribution in [3.8, 4) is 0 Å². The summed E-state index contributed by atoms with van der Waals surface area (Å²) in [6.45, 7) is 2.19. The lowest BCUT2D eigenvalue weighted by Gasteiger charge is -1.99. The van der Waals surface area contributed by atoms with E-state index < -0.39 is 0 Å². The number of aromatic amines is 1. The standard InChI is InChI=1S/C14H13N/c1-2-10-9-15-14-8-12-6-4-3-5-11(12)7-13(10)14/h3-9,15H,2H2,1H3. The zero-order chi connectivity index (χ0) is 10.3. The van der Waals surface area contributed by atoms with E-state index in [0.717, 1.165) is 6.42 Å². The predicted molar refractivity (Wildman–Crippen MR) is 65.2 cm³/mol. The van der Waals surface area contributed by atoms with Crippen LogP contribution in [0.2, 0.25) is 0 Å². The van der Waals surface area contributed by atoms with Crippen molar-refractivity contribution in [2.75, 3.05) is 0 Å². The van der Waals surface area contributed by atoms with Gasteiger partial charge in [0.2, 0.25) is 0 Å². The predicted octanol–water partition coefficient (Wildman–Crippen LogP) is 3.88. The van der Waals surface area contributed by atoms with Crippen LogP contribution in [0.4, 0.5) is 0 Å². The molecule has 0 radical (unpaired) electrons. The number of hydrogen-bond acceptors (Lipinski definition) is 0. The Kier molecular flexibility index (Phi) is 1.78. The molecular formula is C14H13N. The Hall–Kier alpha value is -1.76. The lowest BCUT2D eigenvalue weighted by atomic mass is 10.1. The van der Waals surface area contributed by atoms with E-state index in [1.54, 1.807) is 0 Å². The molecule has 1 nitrogen and oxygen atoms in total. The van der Waals surface area contributed by atoms with Gasteiger partial charge in [0.1, 0.15) is 0 Å². The van der Waals surface area contributed by atoms with Gasteiger partial charge in [0.15, 0.2) is 0 Å². The molecule has 0 saturated heterocycles. The molecule has 15 heavy (non-hydrogen) atoms. The molecule has 2 aromatic carbocycles. The number of H-pyrrole nitrogens is 1. The maximum absolute atomic E-state index is 3.33. The molecule has 1 heterocycles. The summed E-state index contributed by atoms with van der Waals surface area (Å²) < 4.78 is 0. The molecule has 1 aromatic heterocycles. The number of nitrogens with one attached hydrogen (secondary N) is 1. The van der Waals surface area contributed by atoms with E-state index in [-0.39, 0.29) is 0 Å². The number of aryl methyl sites for hydroxylation is 1. The lowest BCUT2D eigenvalue weighted by Crippen LogP contribution is -1.76. The Balaban J connectivity index is 2.45. The van der Waals surface area contributed by atoms with Gasteiger partial charge in [-0.3, -0.25) is 0 Å². The van der Waals surface area contributed by atoms with Crippen LogP contribution in [0.15, 0.2) is 42.6 Å². The molecular weight excluding hydrogens is 182 g/mol. The van der Waals surface area contributed by atoms with Gasteiger partial charge >= 0.3 is 0 Å². The van der Waals surface area contributed by atoms with Crippen LogP contribution < -0.4 is 0 Å². The molecule has 0 unspecified atom stereocenters. The zero-order valence-electron chi connectivity index (χ0n) is 8.75. The van der Waals surface area contributed by atoms with Crippen LogP contribution in [-0.2, 0) is 6.42 Å². The average molecular weight is 195 g/mol. The minimum atomic E-state index is 1.08. The smallest absolute Gasteiger partial charge is 0.0463 e. The van der Waals surface area contributed by atoms with Gasteiger partial charge in [-0.1, -0.05) is 31.2 Å². The van der Waals surface area contributed by atoms with Crippen LogP contribution in [0.5, 0.6) is 0 Å². The topological polar surface area (TPSA) is 15.8 Å². The Morgan fingerprint density at radius 1 is 1.07 bits per heavy atom. The Bertz CT molecular complexity index is 619. The number of rotatable bonds is 1. The average Bonchev–Trinajstić information content (AvgIpc) is 2.68. The van der Waals surface area contributed by atoms with E-state index in [2.05, 4.69) is 54.5 Å². The molecule has 0 spiro atoms. The highest BCUT2D eigenvalue weighted by Gasteiger charge is 2.02. The zero-order valence-corrected chi connectivity index (χ0v) is 8.75. The Labute approximate surface area is 88.7 Å². The monoisotopic (exact) mass is 195 g/mol. The number of aromatic nitrogens is 1. The molecule has 3 aromatic rings. The SMILES string of the molecule is CCc1c[nH]c2cc3ccccc3cc12. The third-order valence-corrected chi connectivity index (χ3v) is 3.01. The molecule has 0 fully saturated rings. The molecule has 1 heteroatoms. The van der Waals surface area contributed by atoms with Gasteiger partial charge in [-0.2, -0.15) is 0 Å². The molecule has 74 valence electrons. The first kappa shape index (κ1) is 8.54. The van der Waals surface area contributed by atoms with Crippen molar-refractivity contribution in [2.45, 2.75) is 13.3 Å². The number of hydrogen-bond donors (Lipinski definition) is 1. The van der Waals surface area contributed by atoms with Crippen LogP contribution in [0.3, 0.4) is 0 Å². The van der Waals surface area contributed by atoms with Gasteiger partial charge in [0, 0.05) is 17.1 Å². The maximum Gasteiger partial charge on any atom is 0.0463 e. The molecule has 1 N–H and O–H groups in total. The quantitative estimate of drug-likeness (QED) is 0.606. The molecule has 0 bridgehead atoms. The summed E-state index contributed by atoms with van der Waals surface area (Å²) in [7, 11) is 0. The van der Waals surface area contributed by atoms with Crippen molar-refractivity contribution in [1.29, 1.82) is 0 Å². The highest BCUT2D eigenvalue weighted by molar-refractivity contribution is 5.98. The van der Waals surface area contributed by atoms with Gasteiger partial charge in [0.05, 0.1) is 0 Å². The maximum atomic E-state index is 3.33. The van der Waals surface area contributed by atoms with E-state index in [4.69, 9.17) is 0 Å². The van der Waals surface area contributed by atoms with Gasteiger partial charge in [0.25, 0.3) is 0 Å². The van der Waals surface area contributed by atoms with E-state index in [1.807, 2.05) is 0 Å². The van der Waals surface area contributed by atoms with Crippen molar-refractivity contribution in [1.82, 2.24) is 4.98 Å². The van der Waals surface area contributed by atoms with E-state index in [9.17, 15) is 0 Å². The molecule has 0 aliphatic carbocycles. The summed E-state index contributed by atoms with van der Waals surface area (Å²) in [5.74, 6) is 0. The van der Waals surface area contributed by atoms with Gasteiger partial charge in [-0.25, -0.2) is 0 Å². The molecule has 0 atom stereocenters. The summed E-state index contributed by atoms with van der Waals surface area (Å²) in [6, 6.07) is 13.0. The van der Waals surface area contributed by atoms with Crippen LogP contribution in [0.25, 0.3) is 21.7 Å². The first-order chi connectivity index (χ1) is 7.38. The number of benzene rings is 2. The fourth-order valence-corrected chi connectivity index (χ4v) is 2.16. The minimum Gasteiger partial charge on any atom is -0.361 e. The van der Waals surface area contributed by atoms with Crippen LogP contribution in [0.1, 0.15) is 12.5 Å². The van der Waals surface area contributed by atoms with Crippen molar-refractivity contribution < 1.29 is 0 Å². The lowest BCUT2D eigenvalue weighted by molar-refractivity contribution is 1.15. The number of fused-ring (bicyclic) bond motifs is 2. The Morgan fingerprint density at radius 3 is 2.53 bits per heavy atom. The minimum absolute atomic E-state index is 1.08. The van der Waals surface area contributed by atoms with Crippen molar-refractivity contribution in [2.24, 2.45) is 0 Å². The summed E-state index contributed by atoms with van der Waals surface area (Å²) in [4.78, 5) is 3.33. The summed E-state index contributed by atoms with van der Waals surface area (Å²) in [5.41, 5.74) is 2.64. The largest absolute Gasteiger partial charge is 0.361 e. The van der Waals surface area contributed by atoms with Crippen LogP contribution in [-0.4, -0.2) is 4.98 Å². The first-order valence-corrected chi connectivity index (χ1v) is 5.37. The third kappa shape index (κ3) is 1.23. The van der Waals surface area contributed by atoms with E-state index >= 15 is 0 Å². The summed E-state index contributed by atoms with van der Waals surface area (Å²) in [6.07, 6.45) is 3.20. The Morgan fingerprint density at radius 2 is 1.80 bits per heavy atom. The van der Waals surface area contributed by atoms with Crippen LogP contribution in [0, 0.1) is 0 Å². The molecule has 3 rings (SSSR count). The second-order valence-electron chi connectivity index (χ2n) is 3.91. The van der Waals surface area contributed by atoms with Gasteiger partial charge in [-0.15, -0.1) is 0 Å². The fraction of sp³-hybridized carbons (Fsp3) is 0.143. The van der Waals surface area contributed by atoms with Crippen LogP contribution >= 0.6 is 0 Å². The fourth-order valence-electron chi connectivity index (χ4n) is 2.16. The molecule has 0 amide bonds. The molecule has 0 aliphatic heterocycles. The second kappa shape index (κ2) is 3.13. The van der Waals surface area contributed by atoms with Gasteiger partial charge < -0.3 is 4.98 Å². The molecule has 0 aliphatic rings.